The zero-order chi connectivity index (χ0) is 14.6. The lowest BCUT2D eigenvalue weighted by atomic mass is 10.1. The van der Waals surface area contributed by atoms with E-state index < -0.39 is 0 Å². The number of anilines is 1. The fourth-order valence-electron chi connectivity index (χ4n) is 1.93. The van der Waals surface area contributed by atoms with Crippen molar-refractivity contribution in [1.82, 2.24) is 0 Å². The summed E-state index contributed by atoms with van der Waals surface area (Å²) >= 11 is 0. The molecule has 0 atom stereocenters. The second-order valence-corrected chi connectivity index (χ2v) is 4.94. The van der Waals surface area contributed by atoms with Gasteiger partial charge in [0.25, 0.3) is 0 Å². The third-order valence-electron chi connectivity index (χ3n) is 3.06. The molecule has 0 radical (unpaired) electrons. The van der Waals surface area contributed by atoms with Crippen LogP contribution in [-0.2, 0) is 9.53 Å². The number of nitrogens with two attached hydrogens (primary N) is 1. The van der Waals surface area contributed by atoms with Gasteiger partial charge in [-0.05, 0) is 30.2 Å². The van der Waals surface area contributed by atoms with Crippen LogP contribution in [0.15, 0.2) is 30.3 Å². The van der Waals surface area contributed by atoms with E-state index in [0.29, 0.717) is 12.3 Å². The fourth-order valence-corrected chi connectivity index (χ4v) is 1.93. The highest BCUT2D eigenvalue weighted by molar-refractivity contribution is 5.87. The summed E-state index contributed by atoms with van der Waals surface area (Å²) in [7, 11) is 0. The minimum absolute atomic E-state index is 0.291. The van der Waals surface area contributed by atoms with Crippen molar-refractivity contribution in [3.05, 3.63) is 35.9 Å². The van der Waals surface area contributed by atoms with E-state index in [4.69, 9.17) is 10.5 Å². The topological polar surface area (TPSA) is 52.3 Å². The van der Waals surface area contributed by atoms with Crippen LogP contribution in [-0.4, -0.2) is 12.6 Å². The number of carbonyl (C=O) groups excluding carboxylic acids is 1. The van der Waals surface area contributed by atoms with E-state index in [2.05, 4.69) is 6.92 Å². The molecule has 0 amide bonds. The maximum Gasteiger partial charge on any atom is 0.330 e. The van der Waals surface area contributed by atoms with Crippen LogP contribution in [0.2, 0.25) is 0 Å². The monoisotopic (exact) mass is 275 g/mol. The van der Waals surface area contributed by atoms with Crippen molar-refractivity contribution in [3.8, 4) is 0 Å². The Kier molecular flexibility index (Phi) is 8.20. The van der Waals surface area contributed by atoms with E-state index in [9.17, 15) is 4.79 Å². The fraction of sp³-hybridized carbons (Fsp3) is 0.471. The van der Waals surface area contributed by atoms with Crippen LogP contribution in [0.4, 0.5) is 5.69 Å². The van der Waals surface area contributed by atoms with Gasteiger partial charge in [0.1, 0.15) is 0 Å². The smallest absolute Gasteiger partial charge is 0.330 e. The summed E-state index contributed by atoms with van der Waals surface area (Å²) in [6.45, 7) is 2.71. The summed E-state index contributed by atoms with van der Waals surface area (Å²) in [5.74, 6) is -0.291. The summed E-state index contributed by atoms with van der Waals surface area (Å²) in [4.78, 5) is 11.5. The predicted molar refractivity (Wildman–Crippen MR) is 84.2 cm³/mol. The molecule has 0 aromatic heterocycles. The molecule has 0 heterocycles. The van der Waals surface area contributed by atoms with E-state index >= 15 is 0 Å². The number of carbonyl (C=O) groups is 1. The van der Waals surface area contributed by atoms with Gasteiger partial charge in [0.15, 0.2) is 0 Å². The summed E-state index contributed by atoms with van der Waals surface area (Å²) in [5, 5.41) is 0. The van der Waals surface area contributed by atoms with Crippen LogP contribution in [0.3, 0.4) is 0 Å². The van der Waals surface area contributed by atoms with Gasteiger partial charge in [0, 0.05) is 11.8 Å². The lowest BCUT2D eigenvalue weighted by molar-refractivity contribution is -0.137. The Morgan fingerprint density at radius 3 is 2.70 bits per heavy atom. The summed E-state index contributed by atoms with van der Waals surface area (Å²) in [6.07, 6.45) is 10.3. The first-order chi connectivity index (χ1) is 9.72. The third-order valence-corrected chi connectivity index (χ3v) is 3.06. The summed E-state index contributed by atoms with van der Waals surface area (Å²) in [6, 6.07) is 7.39. The molecule has 1 rings (SSSR count). The number of ether oxygens (including phenoxy) is 1. The van der Waals surface area contributed by atoms with Crippen molar-refractivity contribution >= 4 is 17.7 Å². The van der Waals surface area contributed by atoms with Crippen LogP contribution < -0.4 is 5.73 Å². The normalized spacial score (nSPS) is 10.8. The highest BCUT2D eigenvalue weighted by atomic mass is 16.5. The van der Waals surface area contributed by atoms with E-state index in [-0.39, 0.29) is 5.97 Å². The Morgan fingerprint density at radius 1 is 1.20 bits per heavy atom. The summed E-state index contributed by atoms with van der Waals surface area (Å²) in [5.41, 5.74) is 7.25. The Bertz CT molecular complexity index is 427. The molecule has 20 heavy (non-hydrogen) atoms. The van der Waals surface area contributed by atoms with Gasteiger partial charge >= 0.3 is 5.97 Å². The van der Waals surface area contributed by atoms with Gasteiger partial charge in [-0.3, -0.25) is 0 Å². The number of nitrogen functional groups attached to an aromatic ring is 1. The molecule has 1 aromatic rings. The lowest BCUT2D eigenvalue weighted by Crippen LogP contribution is -2.02. The maximum absolute atomic E-state index is 11.5. The van der Waals surface area contributed by atoms with E-state index in [1.54, 1.807) is 6.08 Å². The number of benzene rings is 1. The minimum atomic E-state index is -0.291. The molecular weight excluding hydrogens is 250 g/mol. The van der Waals surface area contributed by atoms with Gasteiger partial charge in [-0.1, -0.05) is 51.2 Å². The number of hydrogen-bond acceptors (Lipinski definition) is 3. The predicted octanol–water partition coefficient (Wildman–Crippen LogP) is 4.19. The van der Waals surface area contributed by atoms with Crippen LogP contribution in [0.25, 0.3) is 6.08 Å². The Balaban J connectivity index is 2.14. The average molecular weight is 275 g/mol. The molecule has 0 bridgehead atoms. The largest absolute Gasteiger partial charge is 0.463 e. The van der Waals surface area contributed by atoms with Gasteiger partial charge < -0.3 is 10.5 Å². The van der Waals surface area contributed by atoms with Gasteiger partial charge in [0.05, 0.1) is 6.61 Å². The standard InChI is InChI=1S/C17H25NO2/c1-2-3-4-5-6-7-13-20-17(19)12-11-15-9-8-10-16(18)14-15/h8-12,14H,2-7,13,18H2,1H3/b12-11+. The molecule has 3 nitrogen and oxygen atoms in total. The molecule has 0 unspecified atom stereocenters. The molecule has 0 saturated heterocycles. The SMILES string of the molecule is CCCCCCCCOC(=O)/C=C/c1cccc(N)c1. The van der Waals surface area contributed by atoms with Crippen molar-refractivity contribution in [2.24, 2.45) is 0 Å². The van der Waals surface area contributed by atoms with Crippen molar-refractivity contribution in [2.75, 3.05) is 12.3 Å². The Hall–Kier alpha value is -1.77. The number of hydrogen-bond donors (Lipinski definition) is 1. The molecule has 0 spiro atoms. The first-order valence-corrected chi connectivity index (χ1v) is 7.42. The molecule has 2 N–H and O–H groups in total. The second kappa shape index (κ2) is 10.1. The van der Waals surface area contributed by atoms with Crippen molar-refractivity contribution in [2.45, 2.75) is 45.4 Å². The molecular formula is C17H25NO2. The molecule has 0 saturated carbocycles. The zero-order valence-corrected chi connectivity index (χ0v) is 12.3. The lowest BCUT2D eigenvalue weighted by Gasteiger charge is -2.02. The van der Waals surface area contributed by atoms with Crippen LogP contribution >= 0.6 is 0 Å². The van der Waals surface area contributed by atoms with Gasteiger partial charge in [0.2, 0.25) is 0 Å². The van der Waals surface area contributed by atoms with Crippen LogP contribution in [0.1, 0.15) is 51.0 Å². The van der Waals surface area contributed by atoms with E-state index in [0.717, 1.165) is 18.4 Å². The van der Waals surface area contributed by atoms with Crippen molar-refractivity contribution < 1.29 is 9.53 Å². The Morgan fingerprint density at radius 2 is 1.95 bits per heavy atom. The van der Waals surface area contributed by atoms with E-state index in [1.807, 2.05) is 24.3 Å². The van der Waals surface area contributed by atoms with Crippen molar-refractivity contribution in [3.63, 3.8) is 0 Å². The molecule has 0 aliphatic rings. The highest BCUT2D eigenvalue weighted by Gasteiger charge is 1.97. The second-order valence-electron chi connectivity index (χ2n) is 4.94. The average Bonchev–Trinajstić information content (AvgIpc) is 2.44. The van der Waals surface area contributed by atoms with Crippen molar-refractivity contribution in [1.29, 1.82) is 0 Å². The van der Waals surface area contributed by atoms with Gasteiger partial charge in [-0.2, -0.15) is 0 Å². The molecule has 110 valence electrons. The van der Waals surface area contributed by atoms with E-state index in [1.165, 1.54) is 31.8 Å². The molecule has 0 aliphatic heterocycles. The number of esters is 1. The maximum atomic E-state index is 11.5. The zero-order valence-electron chi connectivity index (χ0n) is 12.3. The first-order valence-electron chi connectivity index (χ1n) is 7.42. The molecule has 0 fully saturated rings. The summed E-state index contributed by atoms with van der Waals surface area (Å²) < 4.78 is 5.14. The number of rotatable bonds is 9. The molecule has 3 heteroatoms. The first kappa shape index (κ1) is 16.3. The number of unbranched alkanes of at least 4 members (excludes halogenated alkanes) is 5. The molecule has 1 aromatic carbocycles. The quantitative estimate of drug-likeness (QED) is 0.318. The van der Waals surface area contributed by atoms with Gasteiger partial charge in [-0.15, -0.1) is 0 Å². The molecule has 0 aliphatic carbocycles. The van der Waals surface area contributed by atoms with Crippen LogP contribution in [0, 0.1) is 0 Å². The third kappa shape index (κ3) is 7.62. The highest BCUT2D eigenvalue weighted by Crippen LogP contribution is 2.08. The minimum Gasteiger partial charge on any atom is -0.463 e. The van der Waals surface area contributed by atoms with Crippen LogP contribution in [0.5, 0.6) is 0 Å². The Labute approximate surface area is 121 Å². The van der Waals surface area contributed by atoms with Gasteiger partial charge in [-0.25, -0.2) is 4.79 Å².